The highest BCUT2D eigenvalue weighted by Gasteiger charge is 1.87. The van der Waals surface area contributed by atoms with E-state index in [4.69, 9.17) is 0 Å². The fourth-order valence-electron chi connectivity index (χ4n) is 0.932. The summed E-state index contributed by atoms with van der Waals surface area (Å²) >= 11 is 1.94. The summed E-state index contributed by atoms with van der Waals surface area (Å²) in [5, 5.41) is 2.22. The van der Waals surface area contributed by atoms with Crippen LogP contribution in [0, 0.1) is 0 Å². The first-order valence-electron chi connectivity index (χ1n) is 3.92. The Balaban J connectivity index is 2.25. The molecule has 0 fully saturated rings. The van der Waals surface area contributed by atoms with Gasteiger partial charge in [-0.1, -0.05) is 18.2 Å². The van der Waals surface area contributed by atoms with Crippen LogP contribution in [0.3, 0.4) is 0 Å². The van der Waals surface area contributed by atoms with E-state index in [0.717, 1.165) is 6.42 Å². The summed E-state index contributed by atoms with van der Waals surface area (Å²) in [6, 6.07) is 0. The number of allylic oxidation sites excluding steroid dienone is 3. The fourth-order valence-corrected chi connectivity index (χ4v) is 1.69. The van der Waals surface area contributed by atoms with Gasteiger partial charge in [-0.25, -0.2) is 0 Å². The molecule has 0 saturated heterocycles. The minimum absolute atomic E-state index is 1.12. The quantitative estimate of drug-likeness (QED) is 0.482. The lowest BCUT2D eigenvalue weighted by Crippen LogP contribution is -1.78. The van der Waals surface area contributed by atoms with E-state index < -0.39 is 0 Å². The average Bonchev–Trinajstić information content (AvgIpc) is 2.01. The molecule has 0 aromatic rings. The van der Waals surface area contributed by atoms with Gasteiger partial charge in [-0.05, 0) is 36.8 Å². The summed E-state index contributed by atoms with van der Waals surface area (Å²) in [7, 11) is 0. The number of hydrogen-bond acceptors (Lipinski definition) is 1. The Bertz CT molecular complexity index is 111. The van der Waals surface area contributed by atoms with E-state index in [1.807, 2.05) is 11.8 Å². The monoisotopic (exact) mass is 154 g/mol. The molecule has 56 valence electrons. The van der Waals surface area contributed by atoms with E-state index in [2.05, 4.69) is 23.6 Å². The molecule has 1 aliphatic rings. The van der Waals surface area contributed by atoms with Gasteiger partial charge in [-0.3, -0.25) is 0 Å². The number of rotatable bonds is 0. The van der Waals surface area contributed by atoms with Crippen molar-refractivity contribution in [3.8, 4) is 0 Å². The van der Waals surface area contributed by atoms with Crippen molar-refractivity contribution in [3.05, 3.63) is 23.6 Å². The standard InChI is InChI=1S/C9H14S/c1-2-4-6-8-10-9-7-5-3-1/h1-2,6,8H,3-5,7,9H2. The molecule has 0 aromatic carbocycles. The van der Waals surface area contributed by atoms with Gasteiger partial charge in [0.05, 0.1) is 0 Å². The molecule has 0 bridgehead atoms. The van der Waals surface area contributed by atoms with Gasteiger partial charge in [-0.2, -0.15) is 0 Å². The molecule has 1 heteroatoms. The molecule has 0 aromatic heterocycles. The third-order valence-electron chi connectivity index (χ3n) is 1.51. The minimum Gasteiger partial charge on any atom is -0.134 e. The van der Waals surface area contributed by atoms with Crippen molar-refractivity contribution in [3.63, 3.8) is 0 Å². The normalized spacial score (nSPS) is 20.8. The van der Waals surface area contributed by atoms with E-state index in [0.29, 0.717) is 0 Å². The van der Waals surface area contributed by atoms with Crippen LogP contribution in [0.15, 0.2) is 23.6 Å². The zero-order chi connectivity index (χ0) is 7.07. The maximum Gasteiger partial charge on any atom is -0.00260 e. The first-order valence-corrected chi connectivity index (χ1v) is 4.96. The Labute approximate surface area is 67.4 Å². The molecule has 0 radical (unpaired) electrons. The van der Waals surface area contributed by atoms with Gasteiger partial charge in [0, 0.05) is 0 Å². The third-order valence-corrected chi connectivity index (χ3v) is 2.42. The summed E-state index contributed by atoms with van der Waals surface area (Å²) < 4.78 is 0. The van der Waals surface area contributed by atoms with Crippen molar-refractivity contribution in [2.24, 2.45) is 0 Å². The molecular formula is C9H14S. The van der Waals surface area contributed by atoms with Gasteiger partial charge >= 0.3 is 0 Å². The van der Waals surface area contributed by atoms with Gasteiger partial charge in [0.2, 0.25) is 0 Å². The van der Waals surface area contributed by atoms with Crippen LogP contribution < -0.4 is 0 Å². The summed E-state index contributed by atoms with van der Waals surface area (Å²) in [6.45, 7) is 0. The molecule has 0 saturated carbocycles. The zero-order valence-corrected chi connectivity index (χ0v) is 7.07. The molecule has 0 nitrogen and oxygen atoms in total. The van der Waals surface area contributed by atoms with Crippen LogP contribution in [0.1, 0.15) is 25.7 Å². The van der Waals surface area contributed by atoms with Crippen LogP contribution in [0.4, 0.5) is 0 Å². The predicted molar refractivity (Wildman–Crippen MR) is 49.2 cm³/mol. The molecule has 0 aliphatic carbocycles. The summed E-state index contributed by atoms with van der Waals surface area (Å²) in [5.74, 6) is 1.30. The van der Waals surface area contributed by atoms with Crippen LogP contribution in [0.5, 0.6) is 0 Å². The molecular weight excluding hydrogens is 140 g/mol. The lowest BCUT2D eigenvalue weighted by atomic mass is 10.2. The number of hydrogen-bond donors (Lipinski definition) is 0. The zero-order valence-electron chi connectivity index (χ0n) is 6.25. The average molecular weight is 154 g/mol. The maximum absolute atomic E-state index is 2.29. The van der Waals surface area contributed by atoms with E-state index in [-0.39, 0.29) is 0 Å². The topological polar surface area (TPSA) is 0 Å². The SMILES string of the molecule is C1=CCCCCSC=CC1. The largest absolute Gasteiger partial charge is 0.134 e. The Morgan fingerprint density at radius 2 is 2.00 bits per heavy atom. The van der Waals surface area contributed by atoms with Crippen molar-refractivity contribution < 1.29 is 0 Å². The van der Waals surface area contributed by atoms with Crippen molar-refractivity contribution in [1.29, 1.82) is 0 Å². The first kappa shape index (κ1) is 7.93. The molecule has 0 N–H and O–H groups in total. The van der Waals surface area contributed by atoms with Crippen molar-refractivity contribution in [1.82, 2.24) is 0 Å². The second-order valence-corrected chi connectivity index (χ2v) is 3.46. The summed E-state index contributed by atoms with van der Waals surface area (Å²) in [4.78, 5) is 0. The smallest absolute Gasteiger partial charge is 0.00260 e. The fraction of sp³-hybridized carbons (Fsp3) is 0.556. The minimum atomic E-state index is 1.12. The van der Waals surface area contributed by atoms with Crippen LogP contribution in [0.2, 0.25) is 0 Å². The Hall–Kier alpha value is -0.170. The van der Waals surface area contributed by atoms with E-state index >= 15 is 0 Å². The van der Waals surface area contributed by atoms with Gasteiger partial charge in [0.15, 0.2) is 0 Å². The van der Waals surface area contributed by atoms with Crippen LogP contribution >= 0.6 is 11.8 Å². The van der Waals surface area contributed by atoms with Crippen molar-refractivity contribution >= 4 is 11.8 Å². The van der Waals surface area contributed by atoms with Crippen molar-refractivity contribution in [2.45, 2.75) is 25.7 Å². The lowest BCUT2D eigenvalue weighted by molar-refractivity contribution is 0.822. The molecule has 1 rings (SSSR count). The molecule has 0 unspecified atom stereocenters. The highest BCUT2D eigenvalue weighted by atomic mass is 32.2. The molecule has 0 spiro atoms. The molecule has 10 heavy (non-hydrogen) atoms. The first-order chi connectivity index (χ1) is 5.00. The second-order valence-electron chi connectivity index (χ2n) is 2.45. The van der Waals surface area contributed by atoms with Gasteiger partial charge in [0.1, 0.15) is 0 Å². The molecule has 0 amide bonds. The van der Waals surface area contributed by atoms with E-state index in [9.17, 15) is 0 Å². The van der Waals surface area contributed by atoms with Gasteiger partial charge < -0.3 is 0 Å². The Morgan fingerprint density at radius 1 is 1.00 bits per heavy atom. The maximum atomic E-state index is 2.29. The lowest BCUT2D eigenvalue weighted by Gasteiger charge is -1.96. The molecule has 1 aliphatic heterocycles. The van der Waals surface area contributed by atoms with Gasteiger partial charge in [0.25, 0.3) is 0 Å². The summed E-state index contributed by atoms with van der Waals surface area (Å²) in [5.41, 5.74) is 0. The second kappa shape index (κ2) is 5.60. The van der Waals surface area contributed by atoms with E-state index in [1.165, 1.54) is 25.0 Å². The van der Waals surface area contributed by atoms with Gasteiger partial charge in [-0.15, -0.1) is 11.8 Å². The highest BCUT2D eigenvalue weighted by molar-refractivity contribution is 8.02. The molecule has 0 atom stereocenters. The van der Waals surface area contributed by atoms with Crippen molar-refractivity contribution in [2.75, 3.05) is 5.75 Å². The predicted octanol–water partition coefficient (Wildman–Crippen LogP) is 3.36. The third kappa shape index (κ3) is 3.78. The van der Waals surface area contributed by atoms with Crippen LogP contribution in [0.25, 0.3) is 0 Å². The van der Waals surface area contributed by atoms with Crippen LogP contribution in [-0.2, 0) is 0 Å². The Kier molecular flexibility index (Phi) is 4.44. The highest BCUT2D eigenvalue weighted by Crippen LogP contribution is 2.10. The molecule has 1 heterocycles. The summed E-state index contributed by atoms with van der Waals surface area (Å²) in [6.07, 6.45) is 11.9. The number of thioether (sulfide) groups is 1. The van der Waals surface area contributed by atoms with E-state index in [1.54, 1.807) is 0 Å². The van der Waals surface area contributed by atoms with Crippen LogP contribution in [-0.4, -0.2) is 5.75 Å². The Morgan fingerprint density at radius 3 is 3.00 bits per heavy atom.